The van der Waals surface area contributed by atoms with E-state index in [-0.39, 0.29) is 24.6 Å². The number of nitrogens with two attached hydrogens (primary N) is 1. The Morgan fingerprint density at radius 3 is 2.58 bits per heavy atom. The fraction of sp³-hybridized carbons (Fsp3) is 0.474. The first kappa shape index (κ1) is 16.6. The molecule has 0 heterocycles. The van der Waals surface area contributed by atoms with E-state index in [1.54, 1.807) is 11.0 Å². The van der Waals surface area contributed by atoms with Crippen molar-refractivity contribution in [1.82, 2.24) is 4.90 Å². The van der Waals surface area contributed by atoms with E-state index in [1.807, 2.05) is 18.2 Å². The summed E-state index contributed by atoms with van der Waals surface area (Å²) in [7, 11) is 0. The van der Waals surface area contributed by atoms with Gasteiger partial charge in [0.2, 0.25) is 5.91 Å². The molecule has 0 aromatic heterocycles. The van der Waals surface area contributed by atoms with Gasteiger partial charge >= 0.3 is 6.09 Å². The van der Waals surface area contributed by atoms with Crippen LogP contribution < -0.4 is 5.73 Å². The first-order valence-corrected chi connectivity index (χ1v) is 8.46. The number of benzene rings is 1. The van der Waals surface area contributed by atoms with Crippen LogP contribution in [0, 0.1) is 5.41 Å². The summed E-state index contributed by atoms with van der Waals surface area (Å²) in [5.41, 5.74) is 6.24. The minimum Gasteiger partial charge on any atom is -0.445 e. The third-order valence-corrected chi connectivity index (χ3v) is 5.25. The van der Waals surface area contributed by atoms with Gasteiger partial charge in [-0.25, -0.2) is 4.79 Å². The summed E-state index contributed by atoms with van der Waals surface area (Å²) in [6.45, 7) is 4.10. The maximum absolute atomic E-state index is 12.5. The molecule has 1 unspecified atom stereocenters. The first-order chi connectivity index (χ1) is 11.6. The van der Waals surface area contributed by atoms with Crippen molar-refractivity contribution in [2.45, 2.75) is 37.6 Å². The summed E-state index contributed by atoms with van der Waals surface area (Å²) in [6, 6.07) is 10.2. The molecular weight excluding hydrogens is 304 g/mol. The third kappa shape index (κ3) is 3.16. The van der Waals surface area contributed by atoms with Crippen LogP contribution in [0.4, 0.5) is 4.79 Å². The SMILES string of the molecule is C=CCOC(=O)N(CC1(C(N)=O)CCC1)[C@H]1CC1c1ccccc1. The number of primary amides is 1. The first-order valence-electron chi connectivity index (χ1n) is 8.46. The second-order valence-electron chi connectivity index (χ2n) is 6.81. The Morgan fingerprint density at radius 2 is 2.04 bits per heavy atom. The molecule has 2 atom stereocenters. The van der Waals surface area contributed by atoms with Crippen LogP contribution in [-0.2, 0) is 9.53 Å². The van der Waals surface area contributed by atoms with E-state index >= 15 is 0 Å². The van der Waals surface area contributed by atoms with Gasteiger partial charge in [0.05, 0.1) is 5.41 Å². The molecule has 2 aliphatic rings. The predicted molar refractivity (Wildman–Crippen MR) is 91.3 cm³/mol. The van der Waals surface area contributed by atoms with Crippen LogP contribution >= 0.6 is 0 Å². The quantitative estimate of drug-likeness (QED) is 0.782. The van der Waals surface area contributed by atoms with Gasteiger partial charge in [0, 0.05) is 18.5 Å². The molecule has 0 radical (unpaired) electrons. The Morgan fingerprint density at radius 1 is 1.33 bits per heavy atom. The molecule has 2 aliphatic carbocycles. The summed E-state index contributed by atoms with van der Waals surface area (Å²) < 4.78 is 5.25. The standard InChI is InChI=1S/C19H24N2O3/c1-2-11-24-18(23)21(13-19(17(20)22)9-6-10-19)16-12-15(16)14-7-4-3-5-8-14/h2-5,7-8,15-16H,1,6,9-13H2,(H2,20,22)/t15?,16-/m0/s1. The lowest BCUT2D eigenvalue weighted by atomic mass is 9.68. The van der Waals surface area contributed by atoms with Gasteiger partial charge < -0.3 is 15.4 Å². The van der Waals surface area contributed by atoms with Gasteiger partial charge in [-0.15, -0.1) is 0 Å². The molecule has 0 aliphatic heterocycles. The van der Waals surface area contributed by atoms with Crippen molar-refractivity contribution in [2.24, 2.45) is 11.1 Å². The smallest absolute Gasteiger partial charge is 0.410 e. The lowest BCUT2D eigenvalue weighted by Crippen LogP contribution is -2.53. The number of hydrogen-bond donors (Lipinski definition) is 1. The molecule has 3 rings (SSSR count). The average molecular weight is 328 g/mol. The number of rotatable bonds is 7. The number of nitrogens with zero attached hydrogens (tertiary/aromatic N) is 1. The van der Waals surface area contributed by atoms with E-state index in [0.717, 1.165) is 25.7 Å². The van der Waals surface area contributed by atoms with Crippen LogP contribution in [0.25, 0.3) is 0 Å². The Balaban J connectivity index is 1.75. The molecule has 2 saturated carbocycles. The second kappa shape index (κ2) is 6.67. The normalized spacial score (nSPS) is 23.7. The van der Waals surface area contributed by atoms with Crippen molar-refractivity contribution >= 4 is 12.0 Å². The van der Waals surface area contributed by atoms with Crippen molar-refractivity contribution in [1.29, 1.82) is 0 Å². The molecule has 0 spiro atoms. The second-order valence-corrected chi connectivity index (χ2v) is 6.81. The van der Waals surface area contributed by atoms with Gasteiger partial charge in [0.15, 0.2) is 0 Å². The summed E-state index contributed by atoms with van der Waals surface area (Å²) >= 11 is 0. The molecule has 5 nitrogen and oxygen atoms in total. The van der Waals surface area contributed by atoms with Gasteiger partial charge in [-0.3, -0.25) is 4.79 Å². The monoisotopic (exact) mass is 328 g/mol. The van der Waals surface area contributed by atoms with Crippen molar-refractivity contribution in [3.05, 3.63) is 48.6 Å². The largest absolute Gasteiger partial charge is 0.445 e. The highest BCUT2D eigenvalue weighted by molar-refractivity contribution is 5.83. The minimum absolute atomic E-state index is 0.0709. The Kier molecular flexibility index (Phi) is 4.60. The highest BCUT2D eigenvalue weighted by Gasteiger charge is 2.51. The predicted octanol–water partition coefficient (Wildman–Crippen LogP) is 2.82. The van der Waals surface area contributed by atoms with Crippen LogP contribution in [0.2, 0.25) is 0 Å². The highest BCUT2D eigenvalue weighted by atomic mass is 16.6. The maximum Gasteiger partial charge on any atom is 0.410 e. The molecule has 0 bridgehead atoms. The van der Waals surface area contributed by atoms with Gasteiger partial charge in [-0.2, -0.15) is 0 Å². The number of ether oxygens (including phenoxy) is 1. The topological polar surface area (TPSA) is 72.6 Å². The van der Waals surface area contributed by atoms with E-state index < -0.39 is 5.41 Å². The lowest BCUT2D eigenvalue weighted by molar-refractivity contribution is -0.133. The fourth-order valence-electron chi connectivity index (χ4n) is 3.53. The Bertz CT molecular complexity index is 625. The van der Waals surface area contributed by atoms with Gasteiger partial charge in [0.1, 0.15) is 6.61 Å². The van der Waals surface area contributed by atoms with Gasteiger partial charge in [-0.1, -0.05) is 49.4 Å². The fourth-order valence-corrected chi connectivity index (χ4v) is 3.53. The highest BCUT2D eigenvalue weighted by Crippen LogP contribution is 2.48. The molecule has 24 heavy (non-hydrogen) atoms. The van der Waals surface area contributed by atoms with E-state index in [1.165, 1.54) is 5.56 Å². The van der Waals surface area contributed by atoms with Crippen molar-refractivity contribution in [3.8, 4) is 0 Å². The summed E-state index contributed by atoms with van der Waals surface area (Å²) in [5, 5.41) is 0. The number of carbonyl (C=O) groups excluding carboxylic acids is 2. The van der Waals surface area contributed by atoms with Crippen LogP contribution in [0.3, 0.4) is 0 Å². The molecule has 128 valence electrons. The molecule has 0 saturated heterocycles. The van der Waals surface area contributed by atoms with Crippen LogP contribution in [0.15, 0.2) is 43.0 Å². The molecular formula is C19H24N2O3. The summed E-state index contributed by atoms with van der Waals surface area (Å²) in [4.78, 5) is 26.1. The number of carbonyl (C=O) groups is 2. The number of amides is 2. The van der Waals surface area contributed by atoms with Gasteiger partial charge in [-0.05, 0) is 24.8 Å². The van der Waals surface area contributed by atoms with Crippen LogP contribution in [0.5, 0.6) is 0 Å². The van der Waals surface area contributed by atoms with Crippen molar-refractivity contribution in [2.75, 3.05) is 13.2 Å². The minimum atomic E-state index is -0.586. The van der Waals surface area contributed by atoms with Crippen molar-refractivity contribution < 1.29 is 14.3 Å². The molecule has 1 aromatic rings. The van der Waals surface area contributed by atoms with Crippen molar-refractivity contribution in [3.63, 3.8) is 0 Å². The van der Waals surface area contributed by atoms with E-state index in [2.05, 4.69) is 18.7 Å². The Labute approximate surface area is 142 Å². The average Bonchev–Trinajstić information content (AvgIpc) is 3.33. The number of hydrogen-bond acceptors (Lipinski definition) is 3. The zero-order valence-electron chi connectivity index (χ0n) is 13.8. The molecule has 1 aromatic carbocycles. The molecule has 2 fully saturated rings. The van der Waals surface area contributed by atoms with E-state index in [9.17, 15) is 9.59 Å². The maximum atomic E-state index is 12.5. The van der Waals surface area contributed by atoms with Crippen LogP contribution in [-0.4, -0.2) is 36.1 Å². The zero-order chi connectivity index (χ0) is 17.2. The van der Waals surface area contributed by atoms with E-state index in [0.29, 0.717) is 12.5 Å². The molecule has 2 N–H and O–H groups in total. The summed E-state index contributed by atoms with van der Waals surface area (Å²) in [6.07, 6.45) is 4.52. The molecule has 2 amide bonds. The third-order valence-electron chi connectivity index (χ3n) is 5.25. The molecule has 5 heteroatoms. The zero-order valence-corrected chi connectivity index (χ0v) is 13.8. The van der Waals surface area contributed by atoms with Gasteiger partial charge in [0.25, 0.3) is 0 Å². The van der Waals surface area contributed by atoms with Crippen LogP contribution in [0.1, 0.15) is 37.2 Å². The van der Waals surface area contributed by atoms with E-state index in [4.69, 9.17) is 10.5 Å². The Hall–Kier alpha value is -2.30. The summed E-state index contributed by atoms with van der Waals surface area (Å²) in [5.74, 6) is -0.0142. The lowest BCUT2D eigenvalue weighted by Gasteiger charge is -2.42.